The molecule has 8 unspecified atom stereocenters. The molecule has 9 heteroatoms. The van der Waals surface area contributed by atoms with Gasteiger partial charge in [-0.15, -0.1) is 0 Å². The number of aliphatic hydroxyl groups excluding tert-OH is 2. The van der Waals surface area contributed by atoms with Gasteiger partial charge >= 0.3 is 5.97 Å². The molecule has 0 aromatic rings. The van der Waals surface area contributed by atoms with Crippen LogP contribution in [0.25, 0.3) is 0 Å². The minimum Gasteiger partial charge on any atom is -0.458 e. The van der Waals surface area contributed by atoms with Crippen LogP contribution in [0.4, 0.5) is 0 Å². The molecular formula is C29H42O9. The third kappa shape index (κ3) is 3.65. The molecule has 0 spiro atoms. The van der Waals surface area contributed by atoms with E-state index in [2.05, 4.69) is 6.92 Å². The molecule has 6 rings (SSSR count). The van der Waals surface area contributed by atoms with Crippen molar-refractivity contribution >= 4 is 12.3 Å². The molecule has 0 amide bonds. The van der Waals surface area contributed by atoms with Crippen LogP contribution < -0.4 is 0 Å². The molecule has 5 fully saturated rings. The Hall–Kier alpha value is -1.36. The first kappa shape index (κ1) is 26.8. The molecule has 4 saturated carbocycles. The lowest BCUT2D eigenvalue weighted by Crippen LogP contribution is -2.69. The molecule has 4 aliphatic carbocycles. The first-order chi connectivity index (χ1) is 18.0. The number of carbonyl (C=O) groups is 2. The topological polar surface area (TPSA) is 143 Å². The highest BCUT2D eigenvalue weighted by molar-refractivity contribution is 5.85. The zero-order chi connectivity index (χ0) is 27.1. The summed E-state index contributed by atoms with van der Waals surface area (Å²) in [6, 6.07) is 0. The molecule has 212 valence electrons. The lowest BCUT2D eigenvalue weighted by atomic mass is 9.41. The van der Waals surface area contributed by atoms with Crippen molar-refractivity contribution in [1.29, 1.82) is 0 Å². The van der Waals surface area contributed by atoms with Crippen LogP contribution in [0.15, 0.2) is 11.6 Å². The second-order valence-corrected chi connectivity index (χ2v) is 13.3. The maximum Gasteiger partial charge on any atom is 0.331 e. The van der Waals surface area contributed by atoms with E-state index in [0.717, 1.165) is 31.1 Å². The lowest BCUT2D eigenvalue weighted by molar-refractivity contribution is -0.286. The van der Waals surface area contributed by atoms with Crippen LogP contribution in [-0.4, -0.2) is 81.2 Å². The molecule has 6 aliphatic rings. The van der Waals surface area contributed by atoms with Gasteiger partial charge in [0.2, 0.25) is 0 Å². The molecule has 0 bridgehead atoms. The van der Waals surface area contributed by atoms with Crippen molar-refractivity contribution in [2.24, 2.45) is 28.6 Å². The van der Waals surface area contributed by atoms with Crippen LogP contribution in [0, 0.1) is 28.6 Å². The first-order valence-electron chi connectivity index (χ1n) is 14.4. The number of rotatable bonds is 4. The number of aliphatic hydroxyl groups is 4. The zero-order valence-electron chi connectivity index (χ0n) is 22.4. The van der Waals surface area contributed by atoms with Crippen LogP contribution in [0.1, 0.15) is 78.1 Å². The molecule has 2 heterocycles. The fourth-order valence-electron chi connectivity index (χ4n) is 9.76. The highest BCUT2D eigenvalue weighted by Crippen LogP contribution is 2.70. The quantitative estimate of drug-likeness (QED) is 0.241. The molecule has 2 aliphatic heterocycles. The summed E-state index contributed by atoms with van der Waals surface area (Å²) < 4.78 is 17.1. The van der Waals surface area contributed by atoms with Gasteiger partial charge in [-0.1, -0.05) is 6.92 Å². The fourth-order valence-corrected chi connectivity index (χ4v) is 9.76. The molecule has 12 atom stereocenters. The van der Waals surface area contributed by atoms with E-state index >= 15 is 0 Å². The van der Waals surface area contributed by atoms with Gasteiger partial charge in [-0.2, -0.15) is 0 Å². The molecule has 0 aromatic heterocycles. The Morgan fingerprint density at radius 3 is 2.50 bits per heavy atom. The monoisotopic (exact) mass is 534 g/mol. The van der Waals surface area contributed by atoms with Gasteiger partial charge in [-0.3, -0.25) is 0 Å². The number of fused-ring (bicyclic) bond motifs is 5. The predicted octanol–water partition coefficient (Wildman–Crippen LogP) is 1.78. The lowest BCUT2D eigenvalue weighted by Gasteiger charge is -2.65. The Morgan fingerprint density at radius 1 is 1.05 bits per heavy atom. The van der Waals surface area contributed by atoms with Gasteiger partial charge in [0.05, 0.1) is 34.9 Å². The van der Waals surface area contributed by atoms with Crippen molar-refractivity contribution in [2.45, 2.75) is 120 Å². The molecule has 0 radical (unpaired) electrons. The van der Waals surface area contributed by atoms with E-state index in [1.807, 2.05) is 0 Å². The van der Waals surface area contributed by atoms with Gasteiger partial charge in [0.25, 0.3) is 0 Å². The summed E-state index contributed by atoms with van der Waals surface area (Å²) in [5.41, 5.74) is -2.60. The van der Waals surface area contributed by atoms with Crippen LogP contribution in [-0.2, 0) is 23.8 Å². The van der Waals surface area contributed by atoms with Crippen LogP contribution in [0.5, 0.6) is 0 Å². The summed E-state index contributed by atoms with van der Waals surface area (Å²) in [6.07, 6.45) is 4.50. The van der Waals surface area contributed by atoms with Gasteiger partial charge in [-0.05, 0) is 81.6 Å². The molecule has 9 nitrogen and oxygen atoms in total. The Kier molecular flexibility index (Phi) is 6.41. The Labute approximate surface area is 223 Å². The summed E-state index contributed by atoms with van der Waals surface area (Å²) in [7, 11) is 0. The number of ether oxygens (including phenoxy) is 3. The average Bonchev–Trinajstić information content (AvgIpc) is 3.41. The summed E-state index contributed by atoms with van der Waals surface area (Å²) >= 11 is 0. The van der Waals surface area contributed by atoms with Crippen molar-refractivity contribution < 1.29 is 44.2 Å². The summed E-state index contributed by atoms with van der Waals surface area (Å²) in [5.74, 6) is -0.473. The smallest absolute Gasteiger partial charge is 0.331 e. The van der Waals surface area contributed by atoms with E-state index in [0.29, 0.717) is 45.1 Å². The van der Waals surface area contributed by atoms with Gasteiger partial charge in [0, 0.05) is 24.3 Å². The number of carbonyl (C=O) groups excluding carboxylic acids is 2. The fraction of sp³-hybridized carbons (Fsp3) is 0.862. The maximum absolute atomic E-state index is 12.9. The van der Waals surface area contributed by atoms with Crippen molar-refractivity contribution in [3.8, 4) is 0 Å². The van der Waals surface area contributed by atoms with Gasteiger partial charge < -0.3 is 39.4 Å². The molecule has 38 heavy (non-hydrogen) atoms. The van der Waals surface area contributed by atoms with E-state index < -0.39 is 46.6 Å². The van der Waals surface area contributed by atoms with Crippen molar-refractivity contribution in [2.75, 3.05) is 6.61 Å². The largest absolute Gasteiger partial charge is 0.458 e. The number of hydrogen-bond donors (Lipinski definition) is 4. The standard InChI is InChI=1S/C29H42O9/c1-16-25(33)22(31)12-24(37-16)38-18-3-8-27(15-30)20-4-7-26(2)19(17-11-23(32)36-14-17)6-10-29(26,35)21(20)5-9-28(27,34)13-18/h11,15-16,18-22,24-25,31,33-35H,3-10,12-14H2,1-2H3/t16?,18?,19-,20-,21?,22?,24?,25?,26+,27-,28?,29?/m0/s1. The summed E-state index contributed by atoms with van der Waals surface area (Å²) in [5, 5.41) is 44.6. The van der Waals surface area contributed by atoms with Crippen LogP contribution >= 0.6 is 0 Å². The van der Waals surface area contributed by atoms with E-state index in [1.54, 1.807) is 13.0 Å². The number of hydrogen-bond acceptors (Lipinski definition) is 9. The molecule has 4 N–H and O–H groups in total. The van der Waals surface area contributed by atoms with Crippen molar-refractivity contribution in [3.63, 3.8) is 0 Å². The molecule has 0 aromatic carbocycles. The van der Waals surface area contributed by atoms with Crippen LogP contribution in [0.2, 0.25) is 0 Å². The van der Waals surface area contributed by atoms with E-state index in [9.17, 15) is 30.0 Å². The van der Waals surface area contributed by atoms with Gasteiger partial charge in [0.15, 0.2) is 6.29 Å². The number of cyclic esters (lactones) is 1. The third-order valence-corrected chi connectivity index (χ3v) is 11.9. The summed E-state index contributed by atoms with van der Waals surface area (Å²) in [6.45, 7) is 4.13. The van der Waals surface area contributed by atoms with Crippen LogP contribution in [0.3, 0.4) is 0 Å². The molecule has 1 saturated heterocycles. The van der Waals surface area contributed by atoms with Crippen molar-refractivity contribution in [1.82, 2.24) is 0 Å². The Morgan fingerprint density at radius 2 is 1.82 bits per heavy atom. The predicted molar refractivity (Wildman–Crippen MR) is 133 cm³/mol. The Bertz CT molecular complexity index is 1000. The minimum atomic E-state index is -1.24. The van der Waals surface area contributed by atoms with Crippen molar-refractivity contribution in [3.05, 3.63) is 11.6 Å². The Balaban J connectivity index is 1.22. The number of aldehydes is 1. The van der Waals surface area contributed by atoms with E-state index in [1.165, 1.54) is 0 Å². The summed E-state index contributed by atoms with van der Waals surface area (Å²) in [4.78, 5) is 24.7. The van der Waals surface area contributed by atoms with E-state index in [-0.39, 0.29) is 36.2 Å². The maximum atomic E-state index is 12.9. The highest BCUT2D eigenvalue weighted by atomic mass is 16.7. The van der Waals surface area contributed by atoms with E-state index in [4.69, 9.17) is 14.2 Å². The SMILES string of the molecule is CC1OC(OC2CC[C@]3(C=O)[C@H]4CC[C@]5(C)[C@H](C6=CC(=O)OC6)CCC5(O)C4CCC3(O)C2)CC(O)C1O. The number of esters is 1. The highest BCUT2D eigenvalue weighted by Gasteiger charge is 2.71. The zero-order valence-corrected chi connectivity index (χ0v) is 22.4. The average molecular weight is 535 g/mol. The van der Waals surface area contributed by atoms with Gasteiger partial charge in [0.1, 0.15) is 19.0 Å². The normalized spacial score (nSPS) is 54.4. The second-order valence-electron chi connectivity index (χ2n) is 13.3. The third-order valence-electron chi connectivity index (χ3n) is 11.9. The minimum absolute atomic E-state index is 0.0729. The van der Waals surface area contributed by atoms with Gasteiger partial charge in [-0.25, -0.2) is 4.79 Å². The molecular weight excluding hydrogens is 492 g/mol. The second kappa shape index (κ2) is 9.08. The first-order valence-corrected chi connectivity index (χ1v) is 14.4.